The molecule has 1 atom stereocenters. The number of fused-ring (bicyclic) bond motifs is 1. The Morgan fingerprint density at radius 1 is 1.56 bits per heavy atom. The molecule has 0 saturated heterocycles. The first kappa shape index (κ1) is 13.4. The molecule has 0 radical (unpaired) electrons. The van der Waals surface area contributed by atoms with Crippen LogP contribution in [0.15, 0.2) is 23.1 Å². The molecule has 0 aromatic heterocycles. The molecule has 3 N–H and O–H groups in total. The van der Waals surface area contributed by atoms with Gasteiger partial charge in [-0.25, -0.2) is 0 Å². The maximum Gasteiger partial charge on any atom is 0.237 e. The van der Waals surface area contributed by atoms with Gasteiger partial charge >= 0.3 is 0 Å². The van der Waals surface area contributed by atoms with Crippen molar-refractivity contribution in [3.05, 3.63) is 23.8 Å². The van der Waals surface area contributed by atoms with Crippen molar-refractivity contribution in [1.82, 2.24) is 5.32 Å². The Kier molecular flexibility index (Phi) is 4.27. The first-order chi connectivity index (χ1) is 8.67. The molecule has 4 nitrogen and oxygen atoms in total. The van der Waals surface area contributed by atoms with Crippen LogP contribution in [0.5, 0.6) is 0 Å². The molecule has 1 aromatic carbocycles. The van der Waals surface area contributed by atoms with E-state index < -0.39 is 0 Å². The zero-order valence-electron chi connectivity index (χ0n) is 10.8. The number of thioether (sulfide) groups is 1. The lowest BCUT2D eigenvalue weighted by molar-refractivity contribution is -0.116. The highest BCUT2D eigenvalue weighted by molar-refractivity contribution is 8.00. The van der Waals surface area contributed by atoms with Gasteiger partial charge in [0.25, 0.3) is 0 Å². The largest absolute Gasteiger partial charge is 0.328 e. The molecule has 1 unspecified atom stereocenters. The number of anilines is 1. The molecule has 0 fully saturated rings. The second-order valence-corrected chi connectivity index (χ2v) is 5.49. The number of hydrogen-bond acceptors (Lipinski definition) is 4. The Labute approximate surface area is 112 Å². The topological polar surface area (TPSA) is 58.4 Å². The predicted octanol–water partition coefficient (Wildman–Crippen LogP) is 1.19. The van der Waals surface area contributed by atoms with E-state index in [1.54, 1.807) is 11.8 Å². The fourth-order valence-corrected chi connectivity index (χ4v) is 3.01. The van der Waals surface area contributed by atoms with E-state index in [4.69, 9.17) is 5.73 Å². The zero-order chi connectivity index (χ0) is 13.1. The van der Waals surface area contributed by atoms with Crippen molar-refractivity contribution in [3.63, 3.8) is 0 Å². The van der Waals surface area contributed by atoms with Crippen LogP contribution in [0.25, 0.3) is 0 Å². The highest BCUT2D eigenvalue weighted by Crippen LogP contribution is 2.36. The van der Waals surface area contributed by atoms with Crippen LogP contribution in [0.4, 0.5) is 5.69 Å². The average Bonchev–Trinajstić information content (AvgIpc) is 2.38. The lowest BCUT2D eigenvalue weighted by Gasteiger charge is -2.33. The highest BCUT2D eigenvalue weighted by atomic mass is 32.2. The summed E-state index contributed by atoms with van der Waals surface area (Å²) in [5.74, 6) is 0.648. The lowest BCUT2D eigenvalue weighted by atomic mass is 10.1. The molecule has 0 aliphatic carbocycles. The van der Waals surface area contributed by atoms with Crippen molar-refractivity contribution in [3.8, 4) is 0 Å². The van der Waals surface area contributed by atoms with E-state index in [0.717, 1.165) is 17.1 Å². The molecule has 5 heteroatoms. The van der Waals surface area contributed by atoms with Crippen LogP contribution in [0.3, 0.4) is 0 Å². The monoisotopic (exact) mass is 265 g/mol. The summed E-state index contributed by atoms with van der Waals surface area (Å²) in [6.45, 7) is 3.27. The minimum atomic E-state index is 0.0435. The molecule has 0 spiro atoms. The first-order valence-corrected chi connectivity index (χ1v) is 7.08. The van der Waals surface area contributed by atoms with E-state index >= 15 is 0 Å². The van der Waals surface area contributed by atoms with Crippen molar-refractivity contribution >= 4 is 23.4 Å². The van der Waals surface area contributed by atoms with Gasteiger partial charge < -0.3 is 16.0 Å². The van der Waals surface area contributed by atoms with Gasteiger partial charge in [-0.1, -0.05) is 6.07 Å². The van der Waals surface area contributed by atoms with Gasteiger partial charge in [0.05, 0.1) is 11.4 Å². The lowest BCUT2D eigenvalue weighted by Crippen LogP contribution is -2.45. The summed E-state index contributed by atoms with van der Waals surface area (Å²) in [5, 5.41) is 3.13. The van der Waals surface area contributed by atoms with Crippen LogP contribution in [0.1, 0.15) is 12.5 Å². The number of benzene rings is 1. The molecule has 0 saturated carbocycles. The van der Waals surface area contributed by atoms with Gasteiger partial charge in [0.2, 0.25) is 5.91 Å². The number of carbonyl (C=O) groups is 1. The zero-order valence-corrected chi connectivity index (χ0v) is 11.6. The quantitative estimate of drug-likeness (QED) is 0.858. The van der Waals surface area contributed by atoms with Crippen LogP contribution in [-0.2, 0) is 11.3 Å². The van der Waals surface area contributed by atoms with Gasteiger partial charge in [-0.3, -0.25) is 4.79 Å². The molecule has 1 aromatic rings. The number of carbonyl (C=O) groups excluding carboxylic acids is 1. The summed E-state index contributed by atoms with van der Waals surface area (Å²) in [7, 11) is 1.92. The molecule has 98 valence electrons. The van der Waals surface area contributed by atoms with Crippen molar-refractivity contribution < 1.29 is 4.79 Å². The third-order valence-electron chi connectivity index (χ3n) is 3.07. The Balaban J connectivity index is 2.39. The van der Waals surface area contributed by atoms with Crippen molar-refractivity contribution in [2.45, 2.75) is 24.4 Å². The van der Waals surface area contributed by atoms with Gasteiger partial charge in [-0.15, -0.1) is 11.8 Å². The van der Waals surface area contributed by atoms with E-state index in [-0.39, 0.29) is 11.9 Å². The van der Waals surface area contributed by atoms with Crippen molar-refractivity contribution in [2.75, 3.05) is 24.2 Å². The summed E-state index contributed by atoms with van der Waals surface area (Å²) in [5.41, 5.74) is 7.89. The average molecular weight is 265 g/mol. The van der Waals surface area contributed by atoms with Crippen LogP contribution in [0, 0.1) is 0 Å². The Morgan fingerprint density at radius 3 is 3.00 bits per heavy atom. The number of nitrogens with one attached hydrogen (secondary N) is 1. The van der Waals surface area contributed by atoms with Gasteiger partial charge in [-0.05, 0) is 31.7 Å². The molecule has 1 aliphatic heterocycles. The van der Waals surface area contributed by atoms with Crippen LogP contribution in [0.2, 0.25) is 0 Å². The number of rotatable bonds is 4. The first-order valence-electron chi connectivity index (χ1n) is 6.09. The van der Waals surface area contributed by atoms with E-state index in [0.29, 0.717) is 12.3 Å². The smallest absolute Gasteiger partial charge is 0.237 e. The van der Waals surface area contributed by atoms with Crippen molar-refractivity contribution in [1.29, 1.82) is 0 Å². The third-order valence-corrected chi connectivity index (χ3v) is 4.11. The predicted molar refractivity (Wildman–Crippen MR) is 75.9 cm³/mol. The van der Waals surface area contributed by atoms with E-state index in [1.807, 2.05) is 18.9 Å². The standard InChI is InChI=1S/C13H19N3OS/c1-9(6-14)16-11-5-10(7-15-2)3-4-12(11)18-8-13(16)17/h3-5,9,15H,6-8,14H2,1-2H3. The Morgan fingerprint density at radius 2 is 2.33 bits per heavy atom. The van der Waals surface area contributed by atoms with Gasteiger partial charge in [-0.2, -0.15) is 0 Å². The fourth-order valence-electron chi connectivity index (χ4n) is 2.12. The molecule has 18 heavy (non-hydrogen) atoms. The maximum absolute atomic E-state index is 12.1. The Hall–Kier alpha value is -1.04. The summed E-state index contributed by atoms with van der Waals surface area (Å²) in [6.07, 6.45) is 0. The summed E-state index contributed by atoms with van der Waals surface area (Å²) in [6, 6.07) is 6.32. The Bertz CT molecular complexity index is 450. The number of nitrogens with two attached hydrogens (primary N) is 1. The van der Waals surface area contributed by atoms with E-state index in [2.05, 4.69) is 23.5 Å². The SMILES string of the molecule is CNCc1ccc2c(c1)N(C(C)CN)C(=O)CS2. The van der Waals surface area contributed by atoms with Crippen LogP contribution >= 0.6 is 11.8 Å². The minimum absolute atomic E-state index is 0.0435. The number of hydrogen-bond donors (Lipinski definition) is 2. The fraction of sp³-hybridized carbons (Fsp3) is 0.462. The second kappa shape index (κ2) is 5.73. The van der Waals surface area contributed by atoms with Crippen molar-refractivity contribution in [2.24, 2.45) is 5.73 Å². The normalized spacial score (nSPS) is 16.6. The number of amides is 1. The third kappa shape index (κ3) is 2.53. The molecule has 0 bridgehead atoms. The maximum atomic E-state index is 12.1. The molecule has 1 amide bonds. The van der Waals surface area contributed by atoms with E-state index in [9.17, 15) is 4.79 Å². The molecular weight excluding hydrogens is 246 g/mol. The molecule has 1 aliphatic rings. The van der Waals surface area contributed by atoms with Gasteiger partial charge in [0, 0.05) is 24.0 Å². The van der Waals surface area contributed by atoms with Gasteiger partial charge in [0.15, 0.2) is 0 Å². The molecule has 1 heterocycles. The summed E-state index contributed by atoms with van der Waals surface area (Å²) < 4.78 is 0. The summed E-state index contributed by atoms with van der Waals surface area (Å²) in [4.78, 5) is 15.1. The van der Waals surface area contributed by atoms with Gasteiger partial charge in [0.1, 0.15) is 0 Å². The van der Waals surface area contributed by atoms with Crippen LogP contribution in [-0.4, -0.2) is 31.3 Å². The number of nitrogens with zero attached hydrogens (tertiary/aromatic N) is 1. The molecule has 2 rings (SSSR count). The second-order valence-electron chi connectivity index (χ2n) is 4.47. The van der Waals surface area contributed by atoms with Crippen LogP contribution < -0.4 is 16.0 Å². The van der Waals surface area contributed by atoms with E-state index in [1.165, 1.54) is 5.56 Å². The highest BCUT2D eigenvalue weighted by Gasteiger charge is 2.28. The summed E-state index contributed by atoms with van der Waals surface area (Å²) >= 11 is 1.60. The minimum Gasteiger partial charge on any atom is -0.328 e. The molecular formula is C13H19N3OS.